The number of hydrogen-bond donors (Lipinski definition) is 3. The smallest absolute Gasteiger partial charge is 0.394 e. The van der Waals surface area contributed by atoms with Gasteiger partial charge >= 0.3 is 6.18 Å². The van der Waals surface area contributed by atoms with Gasteiger partial charge in [-0.2, -0.15) is 13.2 Å². The summed E-state index contributed by atoms with van der Waals surface area (Å²) >= 11 is 0. The molecule has 0 aliphatic heterocycles. The first-order valence-electron chi connectivity index (χ1n) is 6.00. The molecule has 0 aliphatic rings. The predicted octanol–water partition coefficient (Wildman–Crippen LogP) is 1.57. The van der Waals surface area contributed by atoms with Crippen LogP contribution in [0.3, 0.4) is 0 Å². The number of hydrogen-bond acceptors (Lipinski definition) is 3. The maximum absolute atomic E-state index is 12.8. The Morgan fingerprint density at radius 2 is 1.75 bits per heavy atom. The lowest BCUT2D eigenvalue weighted by Crippen LogP contribution is -2.54. The molecular formula is C13H16F3NO3. The summed E-state index contributed by atoms with van der Waals surface area (Å²) in [6.07, 6.45) is -4.47. The van der Waals surface area contributed by atoms with Crippen molar-refractivity contribution in [3.63, 3.8) is 0 Å². The maximum Gasteiger partial charge on any atom is 0.417 e. The van der Waals surface area contributed by atoms with E-state index in [4.69, 9.17) is 0 Å². The van der Waals surface area contributed by atoms with E-state index in [9.17, 15) is 28.2 Å². The molecule has 1 aromatic carbocycles. The summed E-state index contributed by atoms with van der Waals surface area (Å²) in [5.74, 6) is -0.983. The number of alkyl halides is 3. The Hall–Kier alpha value is -1.60. The lowest BCUT2D eigenvalue weighted by molar-refractivity contribution is -0.138. The van der Waals surface area contributed by atoms with Crippen LogP contribution >= 0.6 is 0 Å². The van der Waals surface area contributed by atoms with Crippen molar-refractivity contribution in [1.82, 2.24) is 5.32 Å². The molecule has 0 bridgehead atoms. The third-order valence-corrected chi connectivity index (χ3v) is 3.14. The Labute approximate surface area is 114 Å². The van der Waals surface area contributed by atoms with Crippen LogP contribution in [0.4, 0.5) is 13.2 Å². The first-order valence-corrected chi connectivity index (χ1v) is 6.00. The van der Waals surface area contributed by atoms with Crippen LogP contribution in [-0.2, 0) is 6.18 Å². The number of benzene rings is 1. The van der Waals surface area contributed by atoms with Crippen molar-refractivity contribution in [2.75, 3.05) is 13.2 Å². The molecule has 0 spiro atoms. The van der Waals surface area contributed by atoms with Gasteiger partial charge < -0.3 is 15.5 Å². The molecule has 1 rings (SSSR count). The second-order valence-corrected chi connectivity index (χ2v) is 4.45. The molecule has 4 nitrogen and oxygen atoms in total. The van der Waals surface area contributed by atoms with Crippen LogP contribution < -0.4 is 5.32 Å². The molecule has 112 valence electrons. The van der Waals surface area contributed by atoms with Crippen molar-refractivity contribution in [3.05, 3.63) is 35.4 Å². The summed E-state index contributed by atoms with van der Waals surface area (Å²) in [5.41, 5.74) is -2.94. The zero-order valence-corrected chi connectivity index (χ0v) is 10.9. The lowest BCUT2D eigenvalue weighted by atomic mass is 9.97. The van der Waals surface area contributed by atoms with Gasteiger partial charge in [0.1, 0.15) is 0 Å². The number of aliphatic hydroxyl groups excluding tert-OH is 2. The molecule has 0 aliphatic carbocycles. The average Bonchev–Trinajstić information content (AvgIpc) is 2.44. The van der Waals surface area contributed by atoms with Crippen LogP contribution in [0, 0.1) is 0 Å². The van der Waals surface area contributed by atoms with E-state index >= 15 is 0 Å². The third kappa shape index (κ3) is 3.49. The molecule has 0 fully saturated rings. The van der Waals surface area contributed by atoms with Crippen LogP contribution in [-0.4, -0.2) is 34.9 Å². The van der Waals surface area contributed by atoms with E-state index in [1.54, 1.807) is 6.92 Å². The van der Waals surface area contributed by atoms with Gasteiger partial charge in [0.05, 0.1) is 29.9 Å². The van der Waals surface area contributed by atoms with Gasteiger partial charge in [0.15, 0.2) is 0 Å². The molecule has 1 aromatic rings. The molecule has 0 unspecified atom stereocenters. The predicted molar refractivity (Wildman–Crippen MR) is 66.1 cm³/mol. The fourth-order valence-electron chi connectivity index (χ4n) is 1.68. The summed E-state index contributed by atoms with van der Waals surface area (Å²) in [4.78, 5) is 12.0. The highest BCUT2D eigenvalue weighted by Crippen LogP contribution is 2.32. The first-order chi connectivity index (χ1) is 9.29. The molecule has 7 heteroatoms. The SMILES string of the molecule is CCC(CO)(CO)NC(=O)c1ccccc1C(F)(F)F. The minimum Gasteiger partial charge on any atom is -0.394 e. The van der Waals surface area contributed by atoms with E-state index in [0.717, 1.165) is 12.1 Å². The van der Waals surface area contributed by atoms with E-state index in [0.29, 0.717) is 0 Å². The quantitative estimate of drug-likeness (QED) is 0.771. The number of halogens is 3. The van der Waals surface area contributed by atoms with Gasteiger partial charge in [0.2, 0.25) is 0 Å². The molecule has 3 N–H and O–H groups in total. The molecule has 0 aromatic heterocycles. The Morgan fingerprint density at radius 1 is 1.20 bits per heavy atom. The van der Waals surface area contributed by atoms with E-state index in [-0.39, 0.29) is 6.42 Å². The minimum absolute atomic E-state index is 0.180. The van der Waals surface area contributed by atoms with Gasteiger partial charge in [-0.25, -0.2) is 0 Å². The van der Waals surface area contributed by atoms with Gasteiger partial charge in [0.25, 0.3) is 5.91 Å². The normalized spacial score (nSPS) is 12.3. The van der Waals surface area contributed by atoms with E-state index in [2.05, 4.69) is 5.32 Å². The standard InChI is InChI=1S/C13H16F3NO3/c1-2-12(7-18,8-19)17-11(20)9-5-3-4-6-10(9)13(14,15)16/h3-6,18-19H,2,7-8H2,1H3,(H,17,20). The highest BCUT2D eigenvalue weighted by atomic mass is 19.4. The zero-order valence-electron chi connectivity index (χ0n) is 10.9. The Morgan fingerprint density at radius 3 is 2.20 bits per heavy atom. The monoisotopic (exact) mass is 291 g/mol. The van der Waals surface area contributed by atoms with Crippen molar-refractivity contribution >= 4 is 5.91 Å². The minimum atomic E-state index is -4.65. The Kier molecular flexibility index (Phi) is 5.13. The van der Waals surface area contributed by atoms with Crippen molar-refractivity contribution in [3.8, 4) is 0 Å². The van der Waals surface area contributed by atoms with Gasteiger partial charge in [0, 0.05) is 0 Å². The van der Waals surface area contributed by atoms with Crippen LogP contribution in [0.15, 0.2) is 24.3 Å². The second-order valence-electron chi connectivity index (χ2n) is 4.45. The van der Waals surface area contributed by atoms with Crippen molar-refractivity contribution in [2.24, 2.45) is 0 Å². The third-order valence-electron chi connectivity index (χ3n) is 3.14. The van der Waals surface area contributed by atoms with Crippen LogP contribution in [0.25, 0.3) is 0 Å². The number of carbonyl (C=O) groups is 1. The fourth-order valence-corrected chi connectivity index (χ4v) is 1.68. The second kappa shape index (κ2) is 6.23. The molecule has 1 amide bonds. The number of carbonyl (C=O) groups excluding carboxylic acids is 1. The van der Waals surface area contributed by atoms with E-state index in [1.165, 1.54) is 12.1 Å². The summed E-state index contributed by atoms with van der Waals surface area (Å²) in [6.45, 7) is 0.461. The Bertz CT molecular complexity index is 462. The summed E-state index contributed by atoms with van der Waals surface area (Å²) in [7, 11) is 0. The molecule has 20 heavy (non-hydrogen) atoms. The van der Waals surface area contributed by atoms with Crippen LogP contribution in [0.2, 0.25) is 0 Å². The van der Waals surface area contributed by atoms with Crippen molar-refractivity contribution in [2.45, 2.75) is 25.1 Å². The topological polar surface area (TPSA) is 69.6 Å². The van der Waals surface area contributed by atoms with Gasteiger partial charge in [-0.3, -0.25) is 4.79 Å². The highest BCUT2D eigenvalue weighted by Gasteiger charge is 2.36. The average molecular weight is 291 g/mol. The molecule has 0 saturated heterocycles. The molecule has 0 radical (unpaired) electrons. The fraction of sp³-hybridized carbons (Fsp3) is 0.462. The highest BCUT2D eigenvalue weighted by molar-refractivity contribution is 5.96. The summed E-state index contributed by atoms with van der Waals surface area (Å²) < 4.78 is 38.4. The summed E-state index contributed by atoms with van der Waals surface area (Å²) in [5, 5.41) is 20.7. The number of rotatable bonds is 5. The lowest BCUT2D eigenvalue weighted by Gasteiger charge is -2.30. The largest absolute Gasteiger partial charge is 0.417 e. The van der Waals surface area contributed by atoms with Gasteiger partial charge in [-0.1, -0.05) is 19.1 Å². The Balaban J connectivity index is 3.11. The molecular weight excluding hydrogens is 275 g/mol. The van der Waals surface area contributed by atoms with E-state index < -0.39 is 42.0 Å². The molecule has 0 saturated carbocycles. The molecule has 0 atom stereocenters. The van der Waals surface area contributed by atoms with Gasteiger partial charge in [-0.15, -0.1) is 0 Å². The zero-order chi connectivity index (χ0) is 15.4. The van der Waals surface area contributed by atoms with Gasteiger partial charge in [-0.05, 0) is 18.6 Å². The number of amides is 1. The summed E-state index contributed by atoms with van der Waals surface area (Å²) in [6, 6.07) is 4.36. The van der Waals surface area contributed by atoms with E-state index in [1.807, 2.05) is 0 Å². The number of aliphatic hydroxyl groups is 2. The van der Waals surface area contributed by atoms with Crippen molar-refractivity contribution in [1.29, 1.82) is 0 Å². The number of nitrogens with one attached hydrogen (secondary N) is 1. The van der Waals surface area contributed by atoms with Crippen molar-refractivity contribution < 1.29 is 28.2 Å². The first kappa shape index (κ1) is 16.5. The van der Waals surface area contributed by atoms with Crippen LogP contribution in [0.5, 0.6) is 0 Å². The molecule has 0 heterocycles. The van der Waals surface area contributed by atoms with Crippen LogP contribution in [0.1, 0.15) is 29.3 Å². The maximum atomic E-state index is 12.8.